The van der Waals surface area contributed by atoms with Crippen LogP contribution in [0.5, 0.6) is 5.75 Å². The number of nitrogens with zero attached hydrogens (tertiary/aromatic N) is 2. The van der Waals surface area contributed by atoms with Crippen LogP contribution in [0.4, 0.5) is 18.9 Å². The quantitative estimate of drug-likeness (QED) is 0.566. The fraction of sp³-hybridized carbons (Fsp3) is 0.222. The Bertz CT molecular complexity index is 1290. The van der Waals surface area contributed by atoms with Crippen molar-refractivity contribution in [3.63, 3.8) is 0 Å². The number of rotatable bonds is 5. The van der Waals surface area contributed by atoms with Gasteiger partial charge in [0.15, 0.2) is 9.84 Å². The van der Waals surface area contributed by atoms with Gasteiger partial charge in [0.25, 0.3) is 5.56 Å². The topological polar surface area (TPSA) is 90.3 Å². The fourth-order valence-corrected chi connectivity index (χ4v) is 4.30. The van der Waals surface area contributed by atoms with Crippen molar-refractivity contribution in [3.8, 4) is 5.75 Å². The average Bonchev–Trinajstić information content (AvgIpc) is 2.69. The molecule has 12 heteroatoms. The van der Waals surface area contributed by atoms with Gasteiger partial charge in [-0.15, -0.1) is 0 Å². The smallest absolute Gasteiger partial charge is 0.416 e. The monoisotopic (exact) mass is 505 g/mol. The Balaban J connectivity index is 2.20. The summed E-state index contributed by atoms with van der Waals surface area (Å²) in [6.45, 7) is 1.46. The number of halogens is 4. The molecule has 1 heterocycles. The Morgan fingerprint density at radius 2 is 1.93 bits per heavy atom. The molecule has 0 unspecified atom stereocenters. The zero-order valence-corrected chi connectivity index (χ0v) is 18.0. The van der Waals surface area contributed by atoms with E-state index in [1.54, 1.807) is 0 Å². The van der Waals surface area contributed by atoms with Crippen LogP contribution in [-0.4, -0.2) is 30.9 Å². The Morgan fingerprint density at radius 3 is 2.53 bits per heavy atom. The highest BCUT2D eigenvalue weighted by Gasteiger charge is 2.32. The van der Waals surface area contributed by atoms with E-state index >= 15 is 0 Å². The minimum absolute atomic E-state index is 0.00667. The van der Waals surface area contributed by atoms with E-state index < -0.39 is 27.1 Å². The van der Waals surface area contributed by atoms with E-state index in [2.05, 4.69) is 26.3 Å². The van der Waals surface area contributed by atoms with Crippen LogP contribution in [-0.2, 0) is 16.0 Å². The normalized spacial score (nSPS) is 12.2. The van der Waals surface area contributed by atoms with Crippen LogP contribution in [0, 0.1) is 0 Å². The lowest BCUT2D eigenvalue weighted by atomic mass is 10.1. The van der Waals surface area contributed by atoms with Gasteiger partial charge in [0.2, 0.25) is 0 Å². The number of alkyl halides is 3. The molecule has 0 fully saturated rings. The van der Waals surface area contributed by atoms with Gasteiger partial charge in [-0.1, -0.05) is 6.92 Å². The van der Waals surface area contributed by atoms with Gasteiger partial charge in [0.1, 0.15) is 12.1 Å². The molecular formula is C18H15BrF3N3O4S. The molecule has 2 aromatic carbocycles. The van der Waals surface area contributed by atoms with Crippen molar-refractivity contribution in [1.82, 2.24) is 9.66 Å². The van der Waals surface area contributed by atoms with Gasteiger partial charge in [-0.2, -0.15) is 13.2 Å². The number of ether oxygens (including phenoxy) is 1. The lowest BCUT2D eigenvalue weighted by molar-refractivity contribution is -0.137. The summed E-state index contributed by atoms with van der Waals surface area (Å²) in [4.78, 5) is 16.8. The minimum atomic E-state index is -4.66. The number of hydrogen-bond acceptors (Lipinski definition) is 6. The number of sulfone groups is 1. The van der Waals surface area contributed by atoms with Crippen molar-refractivity contribution < 1.29 is 26.3 Å². The van der Waals surface area contributed by atoms with E-state index in [0.717, 1.165) is 17.1 Å². The molecule has 0 spiro atoms. The molecule has 0 saturated carbocycles. The third-order valence-corrected chi connectivity index (χ3v) is 6.68. The van der Waals surface area contributed by atoms with Crippen molar-refractivity contribution >= 4 is 42.4 Å². The average molecular weight is 506 g/mol. The number of methoxy groups -OCH3 is 1. The van der Waals surface area contributed by atoms with E-state index in [-0.39, 0.29) is 31.7 Å². The number of aromatic nitrogens is 2. The van der Waals surface area contributed by atoms with E-state index in [0.29, 0.717) is 11.8 Å². The zero-order chi connectivity index (χ0) is 22.3. The molecule has 7 nitrogen and oxygen atoms in total. The van der Waals surface area contributed by atoms with Gasteiger partial charge < -0.3 is 4.74 Å². The van der Waals surface area contributed by atoms with Crippen molar-refractivity contribution in [2.75, 3.05) is 18.3 Å². The minimum Gasteiger partial charge on any atom is -0.497 e. The lowest BCUT2D eigenvalue weighted by Crippen LogP contribution is -2.28. The maximum absolute atomic E-state index is 13.1. The van der Waals surface area contributed by atoms with Crippen LogP contribution in [0.15, 0.2) is 50.8 Å². The van der Waals surface area contributed by atoms with Crippen LogP contribution >= 0.6 is 15.9 Å². The van der Waals surface area contributed by atoms with E-state index in [4.69, 9.17) is 4.74 Å². The molecule has 0 bridgehead atoms. The molecule has 1 aromatic heterocycles. The van der Waals surface area contributed by atoms with Gasteiger partial charge >= 0.3 is 6.18 Å². The van der Waals surface area contributed by atoms with Gasteiger partial charge in [-0.25, -0.2) is 18.1 Å². The standard InChI is InChI=1S/C18H15BrF3N3O4S/c1-3-30(27,28)15-5-4-11(29-2)8-14(15)24-25-9-23-16-12(17(25)26)6-10(7-13(16)19)18(20,21)22/h4-9,24H,3H2,1-2H3. The number of anilines is 1. The molecule has 3 rings (SSSR count). The van der Waals surface area contributed by atoms with Gasteiger partial charge in [-0.05, 0) is 40.2 Å². The molecule has 160 valence electrons. The summed E-state index contributed by atoms with van der Waals surface area (Å²) in [7, 11) is -2.29. The SMILES string of the molecule is CCS(=O)(=O)c1ccc(OC)cc1Nn1cnc2c(Br)cc(C(F)(F)F)cc2c1=O. The van der Waals surface area contributed by atoms with Crippen molar-refractivity contribution in [1.29, 1.82) is 0 Å². The highest BCUT2D eigenvalue weighted by atomic mass is 79.9. The van der Waals surface area contributed by atoms with E-state index in [1.807, 2.05) is 0 Å². The van der Waals surface area contributed by atoms with Gasteiger partial charge in [0.05, 0.1) is 39.9 Å². The number of benzene rings is 2. The predicted molar refractivity (Wildman–Crippen MR) is 108 cm³/mol. The summed E-state index contributed by atoms with van der Waals surface area (Å²) in [6, 6.07) is 5.66. The Labute approximate surface area is 177 Å². The second-order valence-electron chi connectivity index (χ2n) is 6.15. The number of nitrogens with one attached hydrogen (secondary N) is 1. The maximum atomic E-state index is 13.1. The number of hydrogen-bond donors (Lipinski definition) is 1. The Kier molecular flexibility index (Phi) is 5.83. The molecule has 0 radical (unpaired) electrons. The first-order chi connectivity index (χ1) is 14.0. The van der Waals surface area contributed by atoms with Gasteiger partial charge in [-0.3, -0.25) is 10.2 Å². The third kappa shape index (κ3) is 4.15. The summed E-state index contributed by atoms with van der Waals surface area (Å²) in [5.74, 6) is 0.122. The first-order valence-corrected chi connectivity index (χ1v) is 10.9. The highest BCUT2D eigenvalue weighted by molar-refractivity contribution is 9.10. The first-order valence-electron chi connectivity index (χ1n) is 8.44. The van der Waals surface area contributed by atoms with Crippen LogP contribution in [0.3, 0.4) is 0 Å². The van der Waals surface area contributed by atoms with Crippen molar-refractivity contribution in [2.45, 2.75) is 18.0 Å². The first kappa shape index (κ1) is 22.1. The fourth-order valence-electron chi connectivity index (χ4n) is 2.71. The molecule has 0 amide bonds. The summed E-state index contributed by atoms with van der Waals surface area (Å²) in [6.07, 6.45) is -3.60. The van der Waals surface area contributed by atoms with E-state index in [9.17, 15) is 26.4 Å². The molecule has 0 aliphatic rings. The van der Waals surface area contributed by atoms with E-state index in [1.165, 1.54) is 32.2 Å². The summed E-state index contributed by atoms with van der Waals surface area (Å²) in [5.41, 5.74) is 0.813. The summed E-state index contributed by atoms with van der Waals surface area (Å²) in [5, 5.41) is -0.297. The second kappa shape index (κ2) is 7.91. The van der Waals surface area contributed by atoms with Crippen LogP contribution in [0.1, 0.15) is 12.5 Å². The van der Waals surface area contributed by atoms with Gasteiger partial charge in [0, 0.05) is 10.5 Å². The molecule has 30 heavy (non-hydrogen) atoms. The van der Waals surface area contributed by atoms with Crippen LogP contribution in [0.25, 0.3) is 10.9 Å². The molecule has 3 aromatic rings. The maximum Gasteiger partial charge on any atom is 0.416 e. The molecule has 0 aliphatic carbocycles. The predicted octanol–water partition coefficient (Wildman–Crippen LogP) is 3.86. The summed E-state index contributed by atoms with van der Waals surface area (Å²) < 4.78 is 70.1. The Morgan fingerprint density at radius 1 is 1.23 bits per heavy atom. The highest BCUT2D eigenvalue weighted by Crippen LogP contribution is 2.34. The molecule has 1 N–H and O–H groups in total. The lowest BCUT2D eigenvalue weighted by Gasteiger charge is -2.15. The molecular weight excluding hydrogens is 491 g/mol. The largest absolute Gasteiger partial charge is 0.497 e. The molecule has 0 atom stereocenters. The molecule has 0 saturated heterocycles. The van der Waals surface area contributed by atoms with Crippen molar-refractivity contribution in [3.05, 3.63) is 57.0 Å². The zero-order valence-electron chi connectivity index (χ0n) is 15.6. The third-order valence-electron chi connectivity index (χ3n) is 4.28. The van der Waals surface area contributed by atoms with Crippen molar-refractivity contribution in [2.24, 2.45) is 0 Å². The van der Waals surface area contributed by atoms with Crippen LogP contribution < -0.4 is 15.7 Å². The number of fused-ring (bicyclic) bond motifs is 1. The second-order valence-corrected chi connectivity index (χ2v) is 9.25. The Hall–Kier alpha value is -2.60. The summed E-state index contributed by atoms with van der Waals surface area (Å²) >= 11 is 3.00. The van der Waals surface area contributed by atoms with Crippen LogP contribution in [0.2, 0.25) is 0 Å². The molecule has 0 aliphatic heterocycles.